The van der Waals surface area contributed by atoms with Gasteiger partial charge in [0.2, 0.25) is 0 Å². The molecule has 0 aliphatic carbocycles. The minimum absolute atomic E-state index is 0.121. The molecule has 0 amide bonds. The summed E-state index contributed by atoms with van der Waals surface area (Å²) in [4.78, 5) is 4.69. The van der Waals surface area contributed by atoms with Gasteiger partial charge in [0.1, 0.15) is 5.82 Å². The van der Waals surface area contributed by atoms with Crippen LogP contribution in [0.25, 0.3) is 0 Å². The third-order valence-electron chi connectivity index (χ3n) is 6.34. The number of hydrogen-bond acceptors (Lipinski definition) is 5. The van der Waals surface area contributed by atoms with Gasteiger partial charge in [-0.1, -0.05) is 0 Å². The maximum absolute atomic E-state index is 14.6. The normalized spacial score (nSPS) is 26.8. The molecule has 3 heterocycles. The van der Waals surface area contributed by atoms with Crippen molar-refractivity contribution in [3.8, 4) is 0 Å². The fraction of sp³-hybridized carbons (Fsp3) is 0.700. The van der Waals surface area contributed by atoms with Gasteiger partial charge in [0, 0.05) is 64.1 Å². The molecule has 0 aromatic heterocycles. The van der Waals surface area contributed by atoms with Crippen LogP contribution >= 0.6 is 0 Å². The molecule has 1 N–H and O–H groups in total. The van der Waals surface area contributed by atoms with E-state index in [1.165, 1.54) is 18.5 Å². The lowest BCUT2D eigenvalue weighted by molar-refractivity contribution is -0.141. The molecule has 0 radical (unpaired) electrons. The van der Waals surface area contributed by atoms with E-state index in [-0.39, 0.29) is 12.1 Å². The molecule has 3 aliphatic rings. The third kappa shape index (κ3) is 3.30. The predicted molar refractivity (Wildman–Crippen MR) is 101 cm³/mol. The first kappa shape index (κ1) is 18.0. The van der Waals surface area contributed by atoms with E-state index in [9.17, 15) is 4.39 Å². The first-order chi connectivity index (χ1) is 12.7. The molecule has 1 aromatic carbocycles. The van der Waals surface area contributed by atoms with Crippen molar-refractivity contribution in [2.75, 3.05) is 50.2 Å². The van der Waals surface area contributed by atoms with E-state index < -0.39 is 0 Å². The lowest BCUT2D eigenvalue weighted by Gasteiger charge is -2.39. The third-order valence-corrected chi connectivity index (χ3v) is 6.34. The molecule has 2 atom stereocenters. The van der Waals surface area contributed by atoms with Crippen molar-refractivity contribution in [1.82, 2.24) is 5.32 Å². The number of ether oxygens (including phenoxy) is 2. The molecule has 2 unspecified atom stereocenters. The van der Waals surface area contributed by atoms with Crippen LogP contribution in [0.1, 0.15) is 25.7 Å². The minimum Gasteiger partial charge on any atom is -0.369 e. The summed E-state index contributed by atoms with van der Waals surface area (Å²) in [7, 11) is 3.37. The number of nitrogens with zero attached hydrogens (tertiary/aromatic N) is 2. The Morgan fingerprint density at radius 1 is 1.04 bits per heavy atom. The predicted octanol–water partition coefficient (Wildman–Crippen LogP) is 2.60. The second-order valence-corrected chi connectivity index (χ2v) is 7.75. The van der Waals surface area contributed by atoms with Gasteiger partial charge in [-0.3, -0.25) is 0 Å². The molecule has 5 nitrogen and oxygen atoms in total. The molecule has 26 heavy (non-hydrogen) atoms. The number of nitrogens with one attached hydrogen (secondary N) is 1. The van der Waals surface area contributed by atoms with Gasteiger partial charge in [-0.25, -0.2) is 4.39 Å². The molecule has 2 bridgehead atoms. The van der Waals surface area contributed by atoms with Gasteiger partial charge in [-0.05, 0) is 43.9 Å². The van der Waals surface area contributed by atoms with Crippen LogP contribution in [-0.4, -0.2) is 58.8 Å². The number of anilines is 2. The zero-order valence-electron chi connectivity index (χ0n) is 15.8. The molecule has 3 saturated heterocycles. The Morgan fingerprint density at radius 2 is 1.69 bits per heavy atom. The Morgan fingerprint density at radius 3 is 2.31 bits per heavy atom. The number of hydrogen-bond donors (Lipinski definition) is 1. The second kappa shape index (κ2) is 7.71. The first-order valence-corrected chi connectivity index (χ1v) is 9.80. The van der Waals surface area contributed by atoms with E-state index in [1.54, 1.807) is 20.3 Å². The van der Waals surface area contributed by atoms with Gasteiger partial charge in [0.25, 0.3) is 0 Å². The zero-order chi connectivity index (χ0) is 18.1. The summed E-state index contributed by atoms with van der Waals surface area (Å²) in [5.41, 5.74) is 1.91. The average molecular weight is 363 g/mol. The van der Waals surface area contributed by atoms with Crippen molar-refractivity contribution in [2.45, 2.75) is 44.1 Å². The van der Waals surface area contributed by atoms with E-state index in [0.717, 1.165) is 44.7 Å². The summed E-state index contributed by atoms with van der Waals surface area (Å²) in [5.74, 6) is 0.251. The fourth-order valence-electron chi connectivity index (χ4n) is 5.00. The average Bonchev–Trinajstić information content (AvgIpc) is 2.92. The summed E-state index contributed by atoms with van der Waals surface area (Å²) in [6, 6.07) is 6.75. The van der Waals surface area contributed by atoms with Crippen LogP contribution in [0.2, 0.25) is 0 Å². The molecule has 1 aromatic rings. The second-order valence-electron chi connectivity index (χ2n) is 7.75. The standard InChI is InChI=1S/C20H30FN3O2/c1-25-20(26-2)14-7-9-23(10-8-14)19-11-15(5-6-18(19)21)24-16-3-4-17(24)13-22-12-16/h5-6,11,14,16-17,20,22H,3-4,7-10,12-13H2,1-2H3. The highest BCUT2D eigenvalue weighted by Crippen LogP contribution is 2.36. The van der Waals surface area contributed by atoms with Crippen LogP contribution in [0.3, 0.4) is 0 Å². The van der Waals surface area contributed by atoms with E-state index >= 15 is 0 Å². The quantitative estimate of drug-likeness (QED) is 0.814. The number of fused-ring (bicyclic) bond motifs is 2. The Labute approximate surface area is 155 Å². The Hall–Kier alpha value is -1.37. The van der Waals surface area contributed by atoms with E-state index in [0.29, 0.717) is 18.0 Å². The van der Waals surface area contributed by atoms with Crippen molar-refractivity contribution in [3.63, 3.8) is 0 Å². The monoisotopic (exact) mass is 363 g/mol. The topological polar surface area (TPSA) is 37.0 Å². The van der Waals surface area contributed by atoms with Gasteiger partial charge < -0.3 is 24.6 Å². The lowest BCUT2D eigenvalue weighted by atomic mass is 9.95. The molecular weight excluding hydrogens is 333 g/mol. The zero-order valence-corrected chi connectivity index (χ0v) is 15.8. The van der Waals surface area contributed by atoms with E-state index in [1.807, 2.05) is 6.07 Å². The van der Waals surface area contributed by atoms with Crippen molar-refractivity contribution in [2.24, 2.45) is 5.92 Å². The summed E-state index contributed by atoms with van der Waals surface area (Å²) in [5, 5.41) is 3.51. The number of rotatable bonds is 5. The van der Waals surface area contributed by atoms with Gasteiger partial charge in [0.15, 0.2) is 6.29 Å². The van der Waals surface area contributed by atoms with Gasteiger partial charge in [-0.2, -0.15) is 0 Å². The van der Waals surface area contributed by atoms with E-state index in [4.69, 9.17) is 9.47 Å². The number of halogens is 1. The van der Waals surface area contributed by atoms with Crippen molar-refractivity contribution >= 4 is 11.4 Å². The van der Waals surface area contributed by atoms with Crippen LogP contribution in [0.5, 0.6) is 0 Å². The Kier molecular flexibility index (Phi) is 5.34. The summed E-state index contributed by atoms with van der Waals surface area (Å²) in [6.45, 7) is 3.74. The molecule has 0 saturated carbocycles. The number of piperazine rings is 1. The highest BCUT2D eigenvalue weighted by molar-refractivity contribution is 5.62. The summed E-state index contributed by atoms with van der Waals surface area (Å²) in [6.07, 6.45) is 4.20. The lowest BCUT2D eigenvalue weighted by Crippen LogP contribution is -2.52. The highest BCUT2D eigenvalue weighted by atomic mass is 19.1. The Bertz CT molecular complexity index is 601. The van der Waals surface area contributed by atoms with Crippen LogP contribution in [0.4, 0.5) is 15.8 Å². The number of benzene rings is 1. The van der Waals surface area contributed by atoms with Crippen LogP contribution in [0, 0.1) is 11.7 Å². The van der Waals surface area contributed by atoms with Crippen molar-refractivity contribution in [1.29, 1.82) is 0 Å². The van der Waals surface area contributed by atoms with E-state index in [2.05, 4.69) is 21.2 Å². The van der Waals surface area contributed by atoms with Crippen LogP contribution in [-0.2, 0) is 9.47 Å². The molecule has 0 spiro atoms. The van der Waals surface area contributed by atoms with Gasteiger partial charge in [-0.15, -0.1) is 0 Å². The number of methoxy groups -OCH3 is 2. The molecule has 4 rings (SSSR count). The largest absolute Gasteiger partial charge is 0.369 e. The molecule has 144 valence electrons. The molecular formula is C20H30FN3O2. The van der Waals surface area contributed by atoms with Crippen LogP contribution in [0.15, 0.2) is 18.2 Å². The van der Waals surface area contributed by atoms with Crippen LogP contribution < -0.4 is 15.1 Å². The smallest absolute Gasteiger partial charge is 0.159 e. The Balaban J connectivity index is 1.49. The molecule has 6 heteroatoms. The summed E-state index contributed by atoms with van der Waals surface area (Å²) >= 11 is 0. The molecule has 3 aliphatic heterocycles. The summed E-state index contributed by atoms with van der Waals surface area (Å²) < 4.78 is 25.4. The highest BCUT2D eigenvalue weighted by Gasteiger charge is 2.37. The fourth-order valence-corrected chi connectivity index (χ4v) is 5.00. The van der Waals surface area contributed by atoms with Crippen molar-refractivity contribution in [3.05, 3.63) is 24.0 Å². The van der Waals surface area contributed by atoms with Crippen molar-refractivity contribution < 1.29 is 13.9 Å². The SMILES string of the molecule is COC(OC)C1CCN(c2cc(N3C4CCC3CNC4)ccc2F)CC1. The number of piperidine rings is 1. The molecule has 3 fully saturated rings. The maximum Gasteiger partial charge on any atom is 0.159 e. The van der Waals surface area contributed by atoms with Gasteiger partial charge >= 0.3 is 0 Å². The first-order valence-electron chi connectivity index (χ1n) is 9.80. The minimum atomic E-state index is -0.162. The maximum atomic E-state index is 14.6. The van der Waals surface area contributed by atoms with Gasteiger partial charge in [0.05, 0.1) is 5.69 Å².